The van der Waals surface area contributed by atoms with Crippen molar-refractivity contribution in [2.75, 3.05) is 5.32 Å². The van der Waals surface area contributed by atoms with Crippen LogP contribution in [0.15, 0.2) is 36.4 Å². The monoisotopic (exact) mass is 340 g/mol. The van der Waals surface area contributed by atoms with E-state index in [2.05, 4.69) is 54.5 Å². The van der Waals surface area contributed by atoms with E-state index in [4.69, 9.17) is 0 Å². The predicted molar refractivity (Wildman–Crippen MR) is 96.2 cm³/mol. The normalized spacial score (nSPS) is 19.5. The quantitative estimate of drug-likeness (QED) is 0.738. The molecule has 1 aliphatic carbocycles. The second-order valence-corrected chi connectivity index (χ2v) is 7.35. The summed E-state index contributed by atoms with van der Waals surface area (Å²) in [5.74, 6) is -0.765. The van der Waals surface area contributed by atoms with Gasteiger partial charge in [0.05, 0.1) is 16.1 Å². The van der Waals surface area contributed by atoms with Crippen molar-refractivity contribution in [3.63, 3.8) is 0 Å². The van der Waals surface area contributed by atoms with Crippen molar-refractivity contribution in [3.8, 4) is 11.1 Å². The van der Waals surface area contributed by atoms with E-state index >= 15 is 0 Å². The summed E-state index contributed by atoms with van der Waals surface area (Å²) in [4.78, 5) is 16.3. The third-order valence-corrected chi connectivity index (χ3v) is 5.37. The fraction of sp³-hybridized carbons (Fsp3) is 0.263. The lowest BCUT2D eigenvalue weighted by molar-refractivity contribution is -0.117. The van der Waals surface area contributed by atoms with Crippen molar-refractivity contribution in [2.45, 2.75) is 26.4 Å². The number of aromatic nitrogens is 1. The smallest absolute Gasteiger partial charge is 0.232 e. The minimum atomic E-state index is -0.991. The standard InChI is InChI=1S/C19H17FN2OS/c1-10-4-3-5-11(2)17(10)12-6-7-15-16(8-12)24-19(21-15)22-18(23)13-9-14(13)20/h3-8,13-14H,9H2,1-2H3,(H,21,22,23)/t13?,14-/m0/s1. The zero-order valence-electron chi connectivity index (χ0n) is 13.5. The van der Waals surface area contributed by atoms with Gasteiger partial charge in [-0.25, -0.2) is 9.37 Å². The van der Waals surface area contributed by atoms with Gasteiger partial charge >= 0.3 is 0 Å². The number of carbonyl (C=O) groups is 1. The average Bonchev–Trinajstić information content (AvgIpc) is 3.13. The van der Waals surface area contributed by atoms with Crippen LogP contribution in [-0.2, 0) is 4.79 Å². The zero-order valence-corrected chi connectivity index (χ0v) is 14.3. The summed E-state index contributed by atoms with van der Waals surface area (Å²) in [5, 5.41) is 3.27. The van der Waals surface area contributed by atoms with E-state index in [0.29, 0.717) is 11.6 Å². The number of aryl methyl sites for hydroxylation is 2. The van der Waals surface area contributed by atoms with Crippen LogP contribution in [0.4, 0.5) is 9.52 Å². The van der Waals surface area contributed by atoms with E-state index < -0.39 is 12.1 Å². The summed E-state index contributed by atoms with van der Waals surface area (Å²) in [6.45, 7) is 4.21. The number of rotatable bonds is 3. The van der Waals surface area contributed by atoms with Gasteiger partial charge in [0.2, 0.25) is 5.91 Å². The van der Waals surface area contributed by atoms with Crippen molar-refractivity contribution >= 4 is 32.6 Å². The van der Waals surface area contributed by atoms with E-state index in [1.54, 1.807) is 0 Å². The first-order valence-electron chi connectivity index (χ1n) is 7.95. The Labute approximate surface area is 143 Å². The number of anilines is 1. The van der Waals surface area contributed by atoms with Gasteiger partial charge in [0.25, 0.3) is 0 Å². The molecule has 0 radical (unpaired) electrons. The van der Waals surface area contributed by atoms with E-state index in [1.807, 2.05) is 6.07 Å². The van der Waals surface area contributed by atoms with Gasteiger partial charge in [-0.05, 0) is 54.7 Å². The number of nitrogens with one attached hydrogen (secondary N) is 1. The van der Waals surface area contributed by atoms with Crippen LogP contribution in [0.1, 0.15) is 17.5 Å². The van der Waals surface area contributed by atoms with Crippen LogP contribution in [0.25, 0.3) is 21.3 Å². The van der Waals surface area contributed by atoms with Crippen LogP contribution in [0.3, 0.4) is 0 Å². The first-order chi connectivity index (χ1) is 11.5. The molecule has 0 bridgehead atoms. The molecule has 0 spiro atoms. The Morgan fingerprint density at radius 2 is 1.96 bits per heavy atom. The van der Waals surface area contributed by atoms with Crippen molar-refractivity contribution in [3.05, 3.63) is 47.5 Å². The first-order valence-corrected chi connectivity index (χ1v) is 8.76. The van der Waals surface area contributed by atoms with Gasteiger partial charge in [-0.1, -0.05) is 35.6 Å². The number of hydrogen-bond donors (Lipinski definition) is 1. The van der Waals surface area contributed by atoms with E-state index in [0.717, 1.165) is 15.8 Å². The third-order valence-electron chi connectivity index (χ3n) is 4.44. The molecule has 0 saturated heterocycles. The molecular weight excluding hydrogens is 323 g/mol. The van der Waals surface area contributed by atoms with Gasteiger partial charge in [-0.15, -0.1) is 0 Å². The maximum absolute atomic E-state index is 13.0. The molecule has 1 N–H and O–H groups in total. The molecule has 1 unspecified atom stereocenters. The molecule has 1 aromatic heterocycles. The van der Waals surface area contributed by atoms with E-state index in [9.17, 15) is 9.18 Å². The Bertz CT molecular complexity index is 929. The Balaban J connectivity index is 1.67. The second-order valence-electron chi connectivity index (χ2n) is 6.32. The number of nitrogens with zero attached hydrogens (tertiary/aromatic N) is 1. The molecule has 1 saturated carbocycles. The van der Waals surface area contributed by atoms with Gasteiger partial charge in [0.15, 0.2) is 5.13 Å². The fourth-order valence-electron chi connectivity index (χ4n) is 3.04. The summed E-state index contributed by atoms with van der Waals surface area (Å²) in [5.41, 5.74) is 5.69. The van der Waals surface area contributed by atoms with Gasteiger partial charge < -0.3 is 5.32 Å². The third kappa shape index (κ3) is 2.69. The topological polar surface area (TPSA) is 42.0 Å². The number of halogens is 1. The molecule has 1 heterocycles. The minimum Gasteiger partial charge on any atom is -0.302 e. The molecule has 24 heavy (non-hydrogen) atoms. The average molecular weight is 340 g/mol. The van der Waals surface area contributed by atoms with Crippen LogP contribution >= 0.6 is 11.3 Å². The Morgan fingerprint density at radius 1 is 1.25 bits per heavy atom. The second kappa shape index (κ2) is 5.67. The van der Waals surface area contributed by atoms with Gasteiger partial charge in [-0.2, -0.15) is 0 Å². The number of alkyl halides is 1. The zero-order chi connectivity index (χ0) is 16.8. The number of fused-ring (bicyclic) bond motifs is 1. The van der Waals surface area contributed by atoms with Crippen LogP contribution < -0.4 is 5.32 Å². The highest BCUT2D eigenvalue weighted by atomic mass is 32.1. The molecule has 2 aromatic carbocycles. The van der Waals surface area contributed by atoms with Crippen LogP contribution in [-0.4, -0.2) is 17.1 Å². The minimum absolute atomic E-state index is 0.267. The maximum atomic E-state index is 13.0. The maximum Gasteiger partial charge on any atom is 0.232 e. The molecule has 4 rings (SSSR count). The summed E-state index contributed by atoms with van der Waals surface area (Å²) in [7, 11) is 0. The van der Waals surface area contributed by atoms with Gasteiger partial charge in [-0.3, -0.25) is 4.79 Å². The number of carbonyl (C=O) groups excluding carboxylic acids is 1. The highest BCUT2D eigenvalue weighted by Gasteiger charge is 2.43. The van der Waals surface area contributed by atoms with Crippen LogP contribution in [0.5, 0.6) is 0 Å². The lowest BCUT2D eigenvalue weighted by atomic mass is 9.96. The lowest BCUT2D eigenvalue weighted by Gasteiger charge is -2.09. The van der Waals surface area contributed by atoms with Crippen LogP contribution in [0.2, 0.25) is 0 Å². The number of amides is 1. The van der Waals surface area contributed by atoms with E-state index in [-0.39, 0.29) is 5.91 Å². The largest absolute Gasteiger partial charge is 0.302 e. The molecular formula is C19H17FN2OS. The van der Waals surface area contributed by atoms with Crippen molar-refractivity contribution in [1.29, 1.82) is 0 Å². The SMILES string of the molecule is Cc1cccc(C)c1-c1ccc2nc(NC(=O)C3C[C@@H]3F)sc2c1. The molecule has 0 aliphatic heterocycles. The summed E-state index contributed by atoms with van der Waals surface area (Å²) in [6, 6.07) is 12.4. The van der Waals surface area contributed by atoms with Crippen molar-refractivity contribution in [2.24, 2.45) is 5.92 Å². The number of benzene rings is 2. The molecule has 3 aromatic rings. The highest BCUT2D eigenvalue weighted by molar-refractivity contribution is 7.22. The fourth-order valence-corrected chi connectivity index (χ4v) is 3.94. The molecule has 1 aliphatic rings. The molecule has 5 heteroatoms. The molecule has 1 fully saturated rings. The number of thiazole rings is 1. The first kappa shape index (κ1) is 15.3. The van der Waals surface area contributed by atoms with Gasteiger partial charge in [0.1, 0.15) is 6.17 Å². The highest BCUT2D eigenvalue weighted by Crippen LogP contribution is 2.36. The Kier molecular flexibility index (Phi) is 3.61. The Hall–Kier alpha value is -2.27. The lowest BCUT2D eigenvalue weighted by Crippen LogP contribution is -2.14. The predicted octanol–water partition coefficient (Wildman–Crippen LogP) is 4.88. The summed E-state index contributed by atoms with van der Waals surface area (Å²) in [6.07, 6.45) is -0.664. The van der Waals surface area contributed by atoms with E-state index in [1.165, 1.54) is 28.0 Å². The van der Waals surface area contributed by atoms with Crippen LogP contribution in [0, 0.1) is 19.8 Å². The van der Waals surface area contributed by atoms with Crippen molar-refractivity contribution in [1.82, 2.24) is 4.98 Å². The molecule has 1 amide bonds. The molecule has 122 valence electrons. The number of hydrogen-bond acceptors (Lipinski definition) is 3. The Morgan fingerprint density at radius 3 is 2.62 bits per heavy atom. The summed E-state index contributed by atoms with van der Waals surface area (Å²) < 4.78 is 14.0. The molecule has 2 atom stereocenters. The molecule has 3 nitrogen and oxygen atoms in total. The summed E-state index contributed by atoms with van der Waals surface area (Å²) >= 11 is 1.43. The van der Waals surface area contributed by atoms with Gasteiger partial charge in [0, 0.05) is 0 Å². The van der Waals surface area contributed by atoms with Crippen molar-refractivity contribution < 1.29 is 9.18 Å².